The Morgan fingerprint density at radius 2 is 1.25 bits per heavy atom. The van der Waals surface area contributed by atoms with Gasteiger partial charge in [-0.05, 0) is 0 Å². The molecule has 0 saturated heterocycles. The van der Waals surface area contributed by atoms with Gasteiger partial charge < -0.3 is 0 Å². The summed E-state index contributed by atoms with van der Waals surface area (Å²) in [5.41, 5.74) is 0. The molecular formula is C15H16P-. The molecule has 0 unspecified atom stereocenters. The zero-order valence-corrected chi connectivity index (χ0v) is 10.4. The monoisotopic (exact) mass is 227 g/mol. The van der Waals surface area contributed by atoms with Crippen molar-refractivity contribution >= 4 is 18.5 Å². The molecule has 1 heteroatoms. The summed E-state index contributed by atoms with van der Waals surface area (Å²) in [6, 6.07) is 21.6. The molecule has 0 atom stereocenters. The van der Waals surface area contributed by atoms with E-state index >= 15 is 0 Å². The van der Waals surface area contributed by atoms with Crippen molar-refractivity contribution in [2.45, 2.75) is 13.3 Å². The molecule has 2 aromatic rings. The van der Waals surface area contributed by atoms with Gasteiger partial charge in [0.2, 0.25) is 0 Å². The maximum absolute atomic E-state index is 2.43. The van der Waals surface area contributed by atoms with Crippen LogP contribution in [-0.4, -0.2) is 0 Å². The quantitative estimate of drug-likeness (QED) is 0.552. The van der Waals surface area contributed by atoms with E-state index in [4.69, 9.17) is 0 Å². The molecule has 0 aliphatic heterocycles. The minimum Gasteiger partial charge on any atom is -0.294 e. The molecule has 2 rings (SSSR count). The third-order valence-corrected chi connectivity index (χ3v) is 4.87. The molecule has 0 bridgehead atoms. The average molecular weight is 227 g/mol. The van der Waals surface area contributed by atoms with Crippen LogP contribution in [0.2, 0.25) is 0 Å². The highest BCUT2D eigenvalue weighted by molar-refractivity contribution is 7.74. The molecular weight excluding hydrogens is 211 g/mol. The summed E-state index contributed by atoms with van der Waals surface area (Å²) in [5.74, 6) is 0. The predicted molar refractivity (Wildman–Crippen MR) is 73.7 cm³/mol. The topological polar surface area (TPSA) is 0 Å². The molecule has 0 amide bonds. The first kappa shape index (κ1) is 11.4. The van der Waals surface area contributed by atoms with Crippen LogP contribution in [0.1, 0.15) is 13.3 Å². The van der Waals surface area contributed by atoms with E-state index < -0.39 is 0 Å². The Bertz CT molecular complexity index is 368. The highest BCUT2D eigenvalue weighted by Gasteiger charge is 2.02. The van der Waals surface area contributed by atoms with Crippen LogP contribution in [0.3, 0.4) is 0 Å². The summed E-state index contributed by atoms with van der Waals surface area (Å²) in [6.07, 6.45) is 3.55. The van der Waals surface area contributed by atoms with Crippen LogP contribution in [0.25, 0.3) is 0 Å². The first-order valence-electron chi connectivity index (χ1n) is 5.64. The minimum atomic E-state index is -0.276. The molecule has 0 nitrogen and oxygen atoms in total. The lowest BCUT2D eigenvalue weighted by Gasteiger charge is -2.28. The van der Waals surface area contributed by atoms with Gasteiger partial charge in [-0.15, -0.1) is 0 Å². The zero-order chi connectivity index (χ0) is 11.2. The Hall–Kier alpha value is -1.13. The lowest BCUT2D eigenvalue weighted by Crippen LogP contribution is -2.11. The first-order chi connectivity index (χ1) is 7.92. The van der Waals surface area contributed by atoms with Crippen LogP contribution >= 0.6 is 7.92 Å². The maximum atomic E-state index is 2.43. The van der Waals surface area contributed by atoms with Gasteiger partial charge in [-0.3, -0.25) is 6.16 Å². The molecule has 0 N–H and O–H groups in total. The van der Waals surface area contributed by atoms with Gasteiger partial charge in [-0.1, -0.05) is 78.2 Å². The fraction of sp³-hybridized carbons (Fsp3) is 0.133. The normalized spacial score (nSPS) is 10.6. The molecule has 0 saturated carbocycles. The van der Waals surface area contributed by atoms with Crippen molar-refractivity contribution in [2.24, 2.45) is 0 Å². The Balaban J connectivity index is 2.31. The van der Waals surface area contributed by atoms with Crippen LogP contribution in [0.5, 0.6) is 0 Å². The Morgan fingerprint density at radius 3 is 1.62 bits per heavy atom. The van der Waals surface area contributed by atoms with Gasteiger partial charge in [0, 0.05) is 0 Å². The molecule has 82 valence electrons. The number of rotatable bonds is 4. The number of hydrogen-bond acceptors (Lipinski definition) is 0. The summed E-state index contributed by atoms with van der Waals surface area (Å²) in [7, 11) is -0.276. The van der Waals surface area contributed by atoms with Crippen LogP contribution in [0.4, 0.5) is 0 Å². The van der Waals surface area contributed by atoms with Gasteiger partial charge in [-0.25, -0.2) is 7.92 Å². The second kappa shape index (κ2) is 5.82. The van der Waals surface area contributed by atoms with Crippen LogP contribution in [0, 0.1) is 6.16 Å². The molecule has 0 fully saturated rings. The molecule has 0 aliphatic rings. The lowest BCUT2D eigenvalue weighted by atomic mass is 10.4. The lowest BCUT2D eigenvalue weighted by molar-refractivity contribution is 1.20. The largest absolute Gasteiger partial charge is 0.294 e. The van der Waals surface area contributed by atoms with Gasteiger partial charge >= 0.3 is 0 Å². The van der Waals surface area contributed by atoms with Crippen molar-refractivity contribution in [1.82, 2.24) is 0 Å². The summed E-state index contributed by atoms with van der Waals surface area (Å²) in [4.78, 5) is 0. The SMILES string of the molecule is CC[CH-]P(c1ccccc1)c1ccccc1. The van der Waals surface area contributed by atoms with E-state index in [1.165, 1.54) is 10.6 Å². The maximum Gasteiger partial charge on any atom is -0.0506 e. The molecule has 0 radical (unpaired) electrons. The van der Waals surface area contributed by atoms with Crippen LogP contribution in [-0.2, 0) is 0 Å². The standard InChI is InChI=1S/C15H16P/c1-2-13-16(14-9-5-3-6-10-14)15-11-7-4-8-12-15/h3-13H,2H2,1H3/q-1. The highest BCUT2D eigenvalue weighted by Crippen LogP contribution is 2.37. The summed E-state index contributed by atoms with van der Waals surface area (Å²) < 4.78 is 0. The molecule has 0 spiro atoms. The van der Waals surface area contributed by atoms with Crippen LogP contribution in [0.15, 0.2) is 60.7 Å². The first-order valence-corrected chi connectivity index (χ1v) is 7.05. The second-order valence-corrected chi connectivity index (χ2v) is 5.77. The van der Waals surface area contributed by atoms with Gasteiger partial charge in [0.1, 0.15) is 0 Å². The second-order valence-electron chi connectivity index (χ2n) is 3.63. The van der Waals surface area contributed by atoms with Gasteiger partial charge in [0.05, 0.1) is 0 Å². The third-order valence-electron chi connectivity index (χ3n) is 2.43. The van der Waals surface area contributed by atoms with Gasteiger partial charge in [0.15, 0.2) is 0 Å². The smallest absolute Gasteiger partial charge is 0.0506 e. The summed E-state index contributed by atoms with van der Waals surface area (Å²) in [6.45, 7) is 2.21. The Kier molecular flexibility index (Phi) is 4.13. The van der Waals surface area contributed by atoms with Crippen molar-refractivity contribution < 1.29 is 0 Å². The fourth-order valence-corrected chi connectivity index (χ4v) is 3.79. The molecule has 0 aromatic heterocycles. The Morgan fingerprint density at radius 1 is 0.812 bits per heavy atom. The molecule has 0 aliphatic carbocycles. The van der Waals surface area contributed by atoms with E-state index in [2.05, 4.69) is 73.7 Å². The van der Waals surface area contributed by atoms with E-state index in [1.807, 2.05) is 0 Å². The van der Waals surface area contributed by atoms with Crippen molar-refractivity contribution in [3.63, 3.8) is 0 Å². The highest BCUT2D eigenvalue weighted by atomic mass is 31.1. The molecule has 0 heterocycles. The van der Waals surface area contributed by atoms with E-state index in [1.54, 1.807) is 0 Å². The van der Waals surface area contributed by atoms with Crippen molar-refractivity contribution in [3.05, 3.63) is 66.8 Å². The van der Waals surface area contributed by atoms with Crippen molar-refractivity contribution in [1.29, 1.82) is 0 Å². The van der Waals surface area contributed by atoms with Gasteiger partial charge in [0.25, 0.3) is 0 Å². The Labute approximate surface area is 99.1 Å². The van der Waals surface area contributed by atoms with E-state index in [0.717, 1.165) is 6.42 Å². The van der Waals surface area contributed by atoms with Crippen molar-refractivity contribution in [2.75, 3.05) is 0 Å². The van der Waals surface area contributed by atoms with Gasteiger partial charge in [-0.2, -0.15) is 6.42 Å². The number of benzene rings is 2. The van der Waals surface area contributed by atoms with E-state index in [9.17, 15) is 0 Å². The molecule has 16 heavy (non-hydrogen) atoms. The predicted octanol–water partition coefficient (Wildman–Crippen LogP) is 3.69. The summed E-state index contributed by atoms with van der Waals surface area (Å²) >= 11 is 0. The van der Waals surface area contributed by atoms with E-state index in [-0.39, 0.29) is 7.92 Å². The minimum absolute atomic E-state index is 0.276. The van der Waals surface area contributed by atoms with Crippen molar-refractivity contribution in [3.8, 4) is 0 Å². The average Bonchev–Trinajstić information content (AvgIpc) is 2.38. The number of hydrogen-bond donors (Lipinski definition) is 0. The fourth-order valence-electron chi connectivity index (χ4n) is 1.72. The zero-order valence-electron chi connectivity index (χ0n) is 9.51. The summed E-state index contributed by atoms with van der Waals surface area (Å²) in [5, 5.41) is 2.87. The van der Waals surface area contributed by atoms with Crippen LogP contribution < -0.4 is 10.6 Å². The molecule has 2 aromatic carbocycles. The third kappa shape index (κ3) is 2.71. The van der Waals surface area contributed by atoms with E-state index in [0.29, 0.717) is 0 Å².